The number of ether oxygens (including phenoxy) is 3. The maximum atomic E-state index is 12.9. The average Bonchev–Trinajstić information content (AvgIpc) is 3.39. The molecule has 0 aliphatic heterocycles. The monoisotopic (exact) mass is 1050 g/mol. The van der Waals surface area contributed by atoms with Crippen LogP contribution < -0.4 is 0 Å². The molecule has 0 aliphatic rings. The van der Waals surface area contributed by atoms with Crippen molar-refractivity contribution in [2.75, 3.05) is 26.4 Å². The van der Waals surface area contributed by atoms with E-state index >= 15 is 0 Å². The number of phosphoric acid groups is 1. The summed E-state index contributed by atoms with van der Waals surface area (Å²) in [6, 6.07) is 0. The molecule has 0 fully saturated rings. The van der Waals surface area contributed by atoms with Crippen LogP contribution in [0.15, 0.2) is 109 Å². The van der Waals surface area contributed by atoms with Crippen LogP contribution in [0.2, 0.25) is 0 Å². The minimum Gasteiger partial charge on any atom is -0.462 e. The van der Waals surface area contributed by atoms with E-state index in [1.807, 2.05) is 0 Å². The zero-order valence-electron chi connectivity index (χ0n) is 46.5. The van der Waals surface area contributed by atoms with Crippen molar-refractivity contribution in [3.8, 4) is 0 Å². The van der Waals surface area contributed by atoms with Crippen molar-refractivity contribution in [1.82, 2.24) is 0 Å². The van der Waals surface area contributed by atoms with Gasteiger partial charge in [-0.25, -0.2) is 4.57 Å². The van der Waals surface area contributed by atoms with Crippen LogP contribution in [-0.2, 0) is 42.2 Å². The lowest BCUT2D eigenvalue weighted by atomic mass is 10.1. The third-order valence-electron chi connectivity index (χ3n) is 11.7. The van der Waals surface area contributed by atoms with Gasteiger partial charge in [-0.3, -0.25) is 23.4 Å². The number of esters is 3. The molecule has 3 unspecified atom stereocenters. The summed E-state index contributed by atoms with van der Waals surface area (Å²) in [5.41, 5.74) is 0. The second-order valence-electron chi connectivity index (χ2n) is 18.7. The standard InChI is InChI=1S/C62H103O11P/c1-4-7-10-13-16-19-22-25-28-29-32-33-36-39-42-45-48-51-60(64)69-55-59(73-62(66)53-50-47-44-41-38-35-31-27-24-21-18-15-12-9-6-3)57-71-74(67,68)70-56-58(54-63)72-61(65)52-49-46-43-40-37-34-30-26-23-20-17-14-11-8-5-2/h7-12,16-21,25-28,30-31,58-59,63H,4-6,13-15,22-24,29,32-57H2,1-3H3,(H,67,68)/b10-7-,11-8-,12-9-,19-16-,20-17-,21-18-,28-25-,30-26-,31-27-. The molecule has 0 bridgehead atoms. The van der Waals surface area contributed by atoms with Crippen molar-refractivity contribution in [2.45, 2.75) is 238 Å². The summed E-state index contributed by atoms with van der Waals surface area (Å²) in [5.74, 6) is -1.52. The topological polar surface area (TPSA) is 155 Å². The first-order valence-corrected chi connectivity index (χ1v) is 30.3. The normalized spacial score (nSPS) is 14.2. The molecule has 3 atom stereocenters. The number of unbranched alkanes of at least 4 members (excludes halogenated alkanes) is 17. The number of aliphatic hydroxyl groups is 1. The van der Waals surface area contributed by atoms with Crippen LogP contribution in [0.1, 0.15) is 226 Å². The lowest BCUT2D eigenvalue weighted by molar-refractivity contribution is -0.161. The Balaban J connectivity index is 4.78. The molecule has 0 saturated heterocycles. The summed E-state index contributed by atoms with van der Waals surface area (Å²) in [5, 5.41) is 9.81. The molecule has 0 rings (SSSR count). The molecule has 0 aromatic carbocycles. The van der Waals surface area contributed by atoms with Gasteiger partial charge in [0, 0.05) is 19.3 Å². The van der Waals surface area contributed by atoms with Crippen molar-refractivity contribution in [3.05, 3.63) is 109 Å². The van der Waals surface area contributed by atoms with Crippen LogP contribution in [0.3, 0.4) is 0 Å². The first-order chi connectivity index (χ1) is 36.2. The van der Waals surface area contributed by atoms with Gasteiger partial charge in [-0.1, -0.05) is 201 Å². The Morgan fingerprint density at radius 3 is 1.01 bits per heavy atom. The Bertz CT molecular complexity index is 1660. The van der Waals surface area contributed by atoms with Gasteiger partial charge in [-0.05, 0) is 116 Å². The van der Waals surface area contributed by atoms with Gasteiger partial charge in [-0.15, -0.1) is 0 Å². The van der Waals surface area contributed by atoms with E-state index in [1.165, 1.54) is 12.8 Å². The molecule has 0 heterocycles. The van der Waals surface area contributed by atoms with Crippen LogP contribution >= 0.6 is 7.82 Å². The summed E-state index contributed by atoms with van der Waals surface area (Å²) in [6.07, 6.45) is 66.1. The maximum Gasteiger partial charge on any atom is 0.472 e. The van der Waals surface area contributed by atoms with Crippen LogP contribution in [0.5, 0.6) is 0 Å². The van der Waals surface area contributed by atoms with E-state index in [-0.39, 0.29) is 25.9 Å². The molecule has 0 spiro atoms. The highest BCUT2D eigenvalue weighted by atomic mass is 31.2. The summed E-state index contributed by atoms with van der Waals surface area (Å²) >= 11 is 0. The highest BCUT2D eigenvalue weighted by molar-refractivity contribution is 7.47. The smallest absolute Gasteiger partial charge is 0.462 e. The summed E-state index contributed by atoms with van der Waals surface area (Å²) in [4.78, 5) is 48.6. The first-order valence-electron chi connectivity index (χ1n) is 28.8. The largest absolute Gasteiger partial charge is 0.472 e. The number of aliphatic hydroxyl groups excluding tert-OH is 1. The third kappa shape index (κ3) is 53.0. The molecule has 0 radical (unpaired) electrons. The van der Waals surface area contributed by atoms with Gasteiger partial charge in [0.05, 0.1) is 19.8 Å². The SMILES string of the molecule is CC/C=C\C/C=C\C/C=C\CCCCCCCCCC(=O)OCC(COP(=O)(O)OCC(CO)OC(=O)CCCCCCC/C=C\C/C=C\C/C=C\CC)OC(=O)CCCCCCC/C=C\C/C=C\C/C=C\CC. The van der Waals surface area contributed by atoms with Crippen LogP contribution in [-0.4, -0.2) is 66.5 Å². The third-order valence-corrected chi connectivity index (χ3v) is 12.6. The molecule has 0 aliphatic carbocycles. The molecular formula is C62H103O11P. The molecular weight excluding hydrogens is 952 g/mol. The Labute approximate surface area is 450 Å². The predicted molar refractivity (Wildman–Crippen MR) is 307 cm³/mol. The summed E-state index contributed by atoms with van der Waals surface area (Å²) in [6.45, 7) is 4.25. The molecule has 74 heavy (non-hydrogen) atoms. The fourth-order valence-corrected chi connectivity index (χ4v) is 8.18. The fourth-order valence-electron chi connectivity index (χ4n) is 7.40. The van der Waals surface area contributed by atoms with Crippen molar-refractivity contribution in [1.29, 1.82) is 0 Å². The zero-order valence-corrected chi connectivity index (χ0v) is 47.4. The molecule has 0 aromatic rings. The van der Waals surface area contributed by atoms with Crippen LogP contribution in [0.4, 0.5) is 0 Å². The lowest BCUT2D eigenvalue weighted by Gasteiger charge is -2.21. The number of hydrogen-bond donors (Lipinski definition) is 2. The van der Waals surface area contributed by atoms with E-state index in [1.54, 1.807) is 0 Å². The quantitative estimate of drug-likeness (QED) is 0.0197. The highest BCUT2D eigenvalue weighted by Gasteiger charge is 2.28. The van der Waals surface area contributed by atoms with E-state index in [9.17, 15) is 28.9 Å². The van der Waals surface area contributed by atoms with Gasteiger partial charge in [0.15, 0.2) is 6.10 Å². The van der Waals surface area contributed by atoms with Gasteiger partial charge < -0.3 is 24.2 Å². The fraction of sp³-hybridized carbons (Fsp3) is 0.661. The highest BCUT2D eigenvalue weighted by Crippen LogP contribution is 2.43. The number of carbonyl (C=O) groups is 3. The van der Waals surface area contributed by atoms with Crippen molar-refractivity contribution < 1.29 is 52.2 Å². The summed E-state index contributed by atoms with van der Waals surface area (Å²) < 4.78 is 39.5. The number of hydrogen-bond acceptors (Lipinski definition) is 10. The van der Waals surface area contributed by atoms with E-state index in [0.717, 1.165) is 154 Å². The number of phosphoric ester groups is 1. The van der Waals surface area contributed by atoms with E-state index in [0.29, 0.717) is 19.3 Å². The average molecular weight is 1060 g/mol. The second-order valence-corrected chi connectivity index (χ2v) is 20.1. The van der Waals surface area contributed by atoms with E-state index in [2.05, 4.69) is 130 Å². The maximum absolute atomic E-state index is 12.9. The molecule has 0 aromatic heterocycles. The van der Waals surface area contributed by atoms with Crippen molar-refractivity contribution in [2.24, 2.45) is 0 Å². The lowest BCUT2D eigenvalue weighted by Crippen LogP contribution is -2.30. The Kier molecular flexibility index (Phi) is 52.5. The van der Waals surface area contributed by atoms with E-state index < -0.39 is 57.8 Å². The molecule has 0 saturated carbocycles. The summed E-state index contributed by atoms with van der Waals surface area (Å²) in [7, 11) is -4.77. The Morgan fingerprint density at radius 1 is 0.378 bits per heavy atom. The van der Waals surface area contributed by atoms with Gasteiger partial charge in [0.1, 0.15) is 12.7 Å². The van der Waals surface area contributed by atoms with Gasteiger partial charge in [0.25, 0.3) is 0 Å². The van der Waals surface area contributed by atoms with E-state index in [4.69, 9.17) is 23.3 Å². The zero-order chi connectivity index (χ0) is 54.1. The minimum atomic E-state index is -4.77. The van der Waals surface area contributed by atoms with Crippen LogP contribution in [0, 0.1) is 0 Å². The second kappa shape index (κ2) is 55.4. The number of carbonyl (C=O) groups excluding carboxylic acids is 3. The van der Waals surface area contributed by atoms with Crippen molar-refractivity contribution >= 4 is 25.7 Å². The van der Waals surface area contributed by atoms with Gasteiger partial charge in [0.2, 0.25) is 0 Å². The number of allylic oxidation sites excluding steroid dienone is 18. The minimum absolute atomic E-state index is 0.139. The molecule has 2 N–H and O–H groups in total. The van der Waals surface area contributed by atoms with Crippen LogP contribution in [0.25, 0.3) is 0 Å². The van der Waals surface area contributed by atoms with Gasteiger partial charge >= 0.3 is 25.7 Å². The first kappa shape index (κ1) is 70.1. The number of rotatable bonds is 52. The molecule has 422 valence electrons. The molecule has 11 nitrogen and oxygen atoms in total. The predicted octanol–water partition coefficient (Wildman–Crippen LogP) is 17.0. The molecule has 12 heteroatoms. The molecule has 0 amide bonds. The van der Waals surface area contributed by atoms with Gasteiger partial charge in [-0.2, -0.15) is 0 Å². The van der Waals surface area contributed by atoms with Crippen molar-refractivity contribution in [3.63, 3.8) is 0 Å². The Hall–Kier alpha value is -3.86. The Morgan fingerprint density at radius 2 is 0.662 bits per heavy atom.